The molecule has 2 atom stereocenters. The van der Waals surface area contributed by atoms with Crippen LogP contribution in [0.1, 0.15) is 36.5 Å². The Labute approximate surface area is 138 Å². The molecule has 0 spiro atoms. The Balaban J connectivity index is 2.08. The van der Waals surface area contributed by atoms with Crippen LogP contribution in [0.5, 0.6) is 0 Å². The molecule has 0 bridgehead atoms. The fourth-order valence-corrected chi connectivity index (χ4v) is 2.88. The van der Waals surface area contributed by atoms with Gasteiger partial charge in [0, 0.05) is 16.6 Å². The van der Waals surface area contributed by atoms with E-state index in [-0.39, 0.29) is 24.5 Å². The zero-order valence-electron chi connectivity index (χ0n) is 12.6. The van der Waals surface area contributed by atoms with E-state index in [9.17, 15) is 14.7 Å². The predicted molar refractivity (Wildman–Crippen MR) is 87.5 cm³/mol. The van der Waals surface area contributed by atoms with Crippen molar-refractivity contribution in [2.24, 2.45) is 0 Å². The molecule has 2 N–H and O–H groups in total. The van der Waals surface area contributed by atoms with Gasteiger partial charge >= 0.3 is 0 Å². The summed E-state index contributed by atoms with van der Waals surface area (Å²) >= 11 is 3.34. The van der Waals surface area contributed by atoms with E-state index in [1.807, 2.05) is 19.1 Å². The summed E-state index contributed by atoms with van der Waals surface area (Å²) in [6.45, 7) is 2.40. The molecule has 0 saturated carbocycles. The Morgan fingerprint density at radius 3 is 2.68 bits per heavy atom. The van der Waals surface area contributed by atoms with Crippen molar-refractivity contribution in [2.45, 2.75) is 38.3 Å². The van der Waals surface area contributed by atoms with Crippen molar-refractivity contribution in [1.29, 1.82) is 0 Å². The second kappa shape index (κ2) is 7.74. The van der Waals surface area contributed by atoms with Crippen LogP contribution in [-0.2, 0) is 4.79 Å². The second-order valence-corrected chi connectivity index (χ2v) is 6.38. The van der Waals surface area contributed by atoms with Crippen molar-refractivity contribution in [1.82, 2.24) is 10.2 Å². The van der Waals surface area contributed by atoms with E-state index >= 15 is 0 Å². The highest BCUT2D eigenvalue weighted by Gasteiger charge is 2.35. The van der Waals surface area contributed by atoms with Gasteiger partial charge in [-0.2, -0.15) is 0 Å². The van der Waals surface area contributed by atoms with E-state index in [1.165, 1.54) is 0 Å². The Hall–Kier alpha value is -1.40. The molecule has 1 saturated heterocycles. The van der Waals surface area contributed by atoms with Crippen molar-refractivity contribution in [3.8, 4) is 0 Å². The highest BCUT2D eigenvalue weighted by Crippen LogP contribution is 2.21. The van der Waals surface area contributed by atoms with Crippen LogP contribution in [0.15, 0.2) is 28.7 Å². The molecule has 1 aromatic rings. The summed E-state index contributed by atoms with van der Waals surface area (Å²) in [5.74, 6) is -0.300. The Kier molecular flexibility index (Phi) is 5.97. The summed E-state index contributed by atoms with van der Waals surface area (Å²) in [5, 5.41) is 12.0. The first-order valence-corrected chi connectivity index (χ1v) is 8.34. The van der Waals surface area contributed by atoms with Crippen LogP contribution in [-0.4, -0.2) is 47.1 Å². The van der Waals surface area contributed by atoms with Crippen LogP contribution in [0.3, 0.4) is 0 Å². The molecule has 6 heteroatoms. The van der Waals surface area contributed by atoms with Gasteiger partial charge in [-0.3, -0.25) is 9.59 Å². The quantitative estimate of drug-likeness (QED) is 0.834. The van der Waals surface area contributed by atoms with E-state index in [1.54, 1.807) is 17.0 Å². The average molecular weight is 369 g/mol. The highest BCUT2D eigenvalue weighted by atomic mass is 79.9. The standard InChI is InChI=1S/C16H21BrN2O3/c1-2-13(10-20)18-15(21)14-4-3-9-19(14)16(22)11-5-7-12(17)8-6-11/h5-8,13-14,20H,2-4,9-10H2,1H3,(H,18,21)/t13-,14-/m1/s1. The number of nitrogens with one attached hydrogen (secondary N) is 1. The fraction of sp³-hybridized carbons (Fsp3) is 0.500. The maximum Gasteiger partial charge on any atom is 0.254 e. The van der Waals surface area contributed by atoms with Crippen LogP contribution in [0.2, 0.25) is 0 Å². The summed E-state index contributed by atoms with van der Waals surface area (Å²) in [6.07, 6.45) is 2.14. The third-order valence-electron chi connectivity index (χ3n) is 3.97. The van der Waals surface area contributed by atoms with Gasteiger partial charge in [0.1, 0.15) is 6.04 Å². The number of aliphatic hydroxyl groups excluding tert-OH is 1. The molecule has 2 amide bonds. The number of aliphatic hydroxyl groups is 1. The number of carbonyl (C=O) groups excluding carboxylic acids is 2. The lowest BCUT2D eigenvalue weighted by molar-refractivity contribution is -0.125. The molecule has 1 heterocycles. The van der Waals surface area contributed by atoms with Gasteiger partial charge in [0.05, 0.1) is 12.6 Å². The van der Waals surface area contributed by atoms with E-state index in [2.05, 4.69) is 21.2 Å². The number of amides is 2. The summed E-state index contributed by atoms with van der Waals surface area (Å²) in [4.78, 5) is 26.6. The molecule has 5 nitrogen and oxygen atoms in total. The Morgan fingerprint density at radius 2 is 2.09 bits per heavy atom. The molecule has 2 rings (SSSR count). The van der Waals surface area contributed by atoms with E-state index in [0.29, 0.717) is 24.9 Å². The molecular formula is C16H21BrN2O3. The van der Waals surface area contributed by atoms with Crippen LogP contribution in [0.4, 0.5) is 0 Å². The summed E-state index contributed by atoms with van der Waals surface area (Å²) < 4.78 is 0.911. The number of halogens is 1. The maximum absolute atomic E-state index is 12.6. The first-order chi connectivity index (χ1) is 10.6. The minimum Gasteiger partial charge on any atom is -0.394 e. The van der Waals surface area contributed by atoms with Gasteiger partial charge in [0.2, 0.25) is 5.91 Å². The van der Waals surface area contributed by atoms with Crippen molar-refractivity contribution in [3.63, 3.8) is 0 Å². The Morgan fingerprint density at radius 1 is 1.41 bits per heavy atom. The lowest BCUT2D eigenvalue weighted by Gasteiger charge is -2.26. The molecule has 0 unspecified atom stereocenters. The number of rotatable bonds is 5. The second-order valence-electron chi connectivity index (χ2n) is 5.46. The minimum atomic E-state index is -0.447. The third-order valence-corrected chi connectivity index (χ3v) is 4.50. The molecule has 1 aliphatic rings. The predicted octanol–water partition coefficient (Wildman–Crippen LogP) is 1.94. The van der Waals surface area contributed by atoms with Crippen molar-refractivity contribution in [3.05, 3.63) is 34.3 Å². The van der Waals surface area contributed by atoms with Crippen LogP contribution < -0.4 is 5.32 Å². The fourth-order valence-electron chi connectivity index (χ4n) is 2.61. The molecule has 1 aliphatic heterocycles. The number of hydrogen-bond donors (Lipinski definition) is 2. The summed E-state index contributed by atoms with van der Waals surface area (Å²) in [6, 6.07) is 6.44. The number of likely N-dealkylation sites (tertiary alicyclic amines) is 1. The highest BCUT2D eigenvalue weighted by molar-refractivity contribution is 9.10. The normalized spacial score (nSPS) is 19.0. The maximum atomic E-state index is 12.6. The zero-order chi connectivity index (χ0) is 16.1. The molecule has 120 valence electrons. The monoisotopic (exact) mass is 368 g/mol. The first-order valence-electron chi connectivity index (χ1n) is 7.54. The molecule has 0 aliphatic carbocycles. The summed E-state index contributed by atoms with van der Waals surface area (Å²) in [5.41, 5.74) is 0.581. The van der Waals surface area contributed by atoms with Gasteiger partial charge in [-0.1, -0.05) is 22.9 Å². The van der Waals surface area contributed by atoms with E-state index < -0.39 is 6.04 Å². The largest absolute Gasteiger partial charge is 0.394 e. The zero-order valence-corrected chi connectivity index (χ0v) is 14.2. The lowest BCUT2D eigenvalue weighted by atomic mass is 10.1. The number of benzene rings is 1. The molecule has 1 fully saturated rings. The van der Waals surface area contributed by atoms with Gasteiger partial charge in [0.15, 0.2) is 0 Å². The molecule has 0 aromatic heterocycles. The van der Waals surface area contributed by atoms with Gasteiger partial charge in [-0.15, -0.1) is 0 Å². The molecule has 22 heavy (non-hydrogen) atoms. The number of carbonyl (C=O) groups is 2. The molecular weight excluding hydrogens is 348 g/mol. The minimum absolute atomic E-state index is 0.0877. The van der Waals surface area contributed by atoms with Gasteiger partial charge in [0.25, 0.3) is 5.91 Å². The summed E-state index contributed by atoms with van der Waals surface area (Å²) in [7, 11) is 0. The van der Waals surface area contributed by atoms with Crippen molar-refractivity contribution < 1.29 is 14.7 Å². The van der Waals surface area contributed by atoms with Gasteiger partial charge in [-0.25, -0.2) is 0 Å². The van der Waals surface area contributed by atoms with Crippen LogP contribution in [0.25, 0.3) is 0 Å². The number of nitrogens with zero attached hydrogens (tertiary/aromatic N) is 1. The van der Waals surface area contributed by atoms with Crippen LogP contribution >= 0.6 is 15.9 Å². The molecule has 1 aromatic carbocycles. The third kappa shape index (κ3) is 3.87. The van der Waals surface area contributed by atoms with Crippen molar-refractivity contribution >= 4 is 27.7 Å². The topological polar surface area (TPSA) is 69.6 Å². The number of hydrogen-bond acceptors (Lipinski definition) is 3. The SMILES string of the molecule is CC[C@H](CO)NC(=O)[C@H]1CCCN1C(=O)c1ccc(Br)cc1. The first kappa shape index (κ1) is 17.0. The Bertz CT molecular complexity index is 529. The smallest absolute Gasteiger partial charge is 0.254 e. The van der Waals surface area contributed by atoms with Crippen molar-refractivity contribution in [2.75, 3.05) is 13.2 Å². The van der Waals surface area contributed by atoms with Crippen LogP contribution in [0, 0.1) is 0 Å². The van der Waals surface area contributed by atoms with Gasteiger partial charge < -0.3 is 15.3 Å². The average Bonchev–Trinajstić information content (AvgIpc) is 3.02. The van der Waals surface area contributed by atoms with E-state index in [4.69, 9.17) is 0 Å². The van der Waals surface area contributed by atoms with E-state index in [0.717, 1.165) is 10.9 Å². The van der Waals surface area contributed by atoms with Gasteiger partial charge in [-0.05, 0) is 43.5 Å². The molecule has 0 radical (unpaired) electrons. The lowest BCUT2D eigenvalue weighted by Crippen LogP contribution is -2.49.